The molecule has 138 valence electrons. The average Bonchev–Trinajstić information content (AvgIpc) is 3.13. The predicted molar refractivity (Wildman–Crippen MR) is 111 cm³/mol. The van der Waals surface area contributed by atoms with Gasteiger partial charge in [0, 0.05) is 35.6 Å². The van der Waals surface area contributed by atoms with Crippen LogP contribution in [0, 0.1) is 13.5 Å². The number of pyridine rings is 3. The molecule has 0 spiro atoms. The van der Waals surface area contributed by atoms with Crippen molar-refractivity contribution in [2.75, 3.05) is 0 Å². The molecule has 4 aromatic heterocycles. The average molecular weight is 378 g/mol. The Balaban J connectivity index is 1.84. The summed E-state index contributed by atoms with van der Waals surface area (Å²) in [5.41, 5.74) is 3.96. The van der Waals surface area contributed by atoms with Gasteiger partial charge in [0.1, 0.15) is 5.65 Å². The molecule has 0 atom stereocenters. The van der Waals surface area contributed by atoms with Crippen LogP contribution < -0.4 is 5.43 Å². The van der Waals surface area contributed by atoms with E-state index in [1.54, 1.807) is 30.2 Å². The Bertz CT molecular complexity index is 1510. The maximum absolute atomic E-state index is 12.4. The van der Waals surface area contributed by atoms with E-state index in [4.69, 9.17) is 6.57 Å². The number of H-pyrrole nitrogens is 1. The van der Waals surface area contributed by atoms with Crippen molar-refractivity contribution in [1.82, 2.24) is 24.7 Å². The zero-order chi connectivity index (χ0) is 20.0. The van der Waals surface area contributed by atoms with Crippen molar-refractivity contribution in [3.63, 3.8) is 0 Å². The van der Waals surface area contributed by atoms with Gasteiger partial charge in [0.2, 0.25) is 5.69 Å². The SMILES string of the molecule is [C-]#[N+]c1cn(-c2nc3[nH]ccc(=O)c3cc2-c2ccc3ncccc3c2)nc1C. The molecule has 0 saturated heterocycles. The minimum Gasteiger partial charge on any atom is -0.346 e. The Morgan fingerprint density at radius 3 is 2.90 bits per heavy atom. The number of fused-ring (bicyclic) bond motifs is 2. The van der Waals surface area contributed by atoms with E-state index in [1.165, 1.54) is 6.07 Å². The number of hydrogen-bond acceptors (Lipinski definition) is 4. The zero-order valence-electron chi connectivity index (χ0n) is 15.4. The van der Waals surface area contributed by atoms with E-state index >= 15 is 0 Å². The summed E-state index contributed by atoms with van der Waals surface area (Å²) < 4.78 is 1.59. The summed E-state index contributed by atoms with van der Waals surface area (Å²) in [7, 11) is 0. The number of nitrogens with zero attached hydrogens (tertiary/aromatic N) is 5. The maximum atomic E-state index is 12.4. The zero-order valence-corrected chi connectivity index (χ0v) is 15.4. The van der Waals surface area contributed by atoms with Gasteiger partial charge in [0.15, 0.2) is 11.2 Å². The minimum atomic E-state index is -0.111. The monoisotopic (exact) mass is 378 g/mol. The molecule has 7 heteroatoms. The molecule has 0 aliphatic carbocycles. The van der Waals surface area contributed by atoms with Crippen LogP contribution in [0.15, 0.2) is 65.8 Å². The molecule has 5 aromatic rings. The third-order valence-corrected chi connectivity index (χ3v) is 4.85. The largest absolute Gasteiger partial charge is 0.346 e. The summed E-state index contributed by atoms with van der Waals surface area (Å²) >= 11 is 0. The minimum absolute atomic E-state index is 0.111. The van der Waals surface area contributed by atoms with Gasteiger partial charge in [-0.25, -0.2) is 14.5 Å². The van der Waals surface area contributed by atoms with Crippen molar-refractivity contribution >= 4 is 27.6 Å². The molecule has 4 heterocycles. The van der Waals surface area contributed by atoms with Crippen molar-refractivity contribution < 1.29 is 0 Å². The number of benzene rings is 1. The van der Waals surface area contributed by atoms with E-state index in [0.29, 0.717) is 28.2 Å². The lowest BCUT2D eigenvalue weighted by molar-refractivity contribution is 0.838. The maximum Gasteiger partial charge on any atom is 0.227 e. The van der Waals surface area contributed by atoms with Crippen LogP contribution in [0.25, 0.3) is 43.7 Å². The molecule has 0 bridgehead atoms. The number of rotatable bonds is 2. The van der Waals surface area contributed by atoms with Gasteiger partial charge in [-0.15, -0.1) is 0 Å². The second kappa shape index (κ2) is 6.39. The lowest BCUT2D eigenvalue weighted by atomic mass is 10.0. The first kappa shape index (κ1) is 16.8. The molecule has 0 aliphatic heterocycles. The summed E-state index contributed by atoms with van der Waals surface area (Å²) in [6, 6.07) is 13.1. The van der Waals surface area contributed by atoms with Gasteiger partial charge in [-0.05, 0) is 36.8 Å². The van der Waals surface area contributed by atoms with Crippen LogP contribution in [0.5, 0.6) is 0 Å². The number of aryl methyl sites for hydroxylation is 1. The topological polar surface area (TPSA) is 80.8 Å². The van der Waals surface area contributed by atoms with Crippen molar-refractivity contribution in [3.8, 4) is 16.9 Å². The molecule has 7 nitrogen and oxygen atoms in total. The highest BCUT2D eigenvalue weighted by atomic mass is 16.1. The molecule has 0 fully saturated rings. The summed E-state index contributed by atoms with van der Waals surface area (Å²) in [4.78, 5) is 28.0. The molecule has 0 aliphatic rings. The highest BCUT2D eigenvalue weighted by molar-refractivity contribution is 5.89. The number of aromatic nitrogens is 5. The Kier molecular flexibility index (Phi) is 3.71. The Morgan fingerprint density at radius 2 is 2.07 bits per heavy atom. The molecule has 5 rings (SSSR count). The molecule has 29 heavy (non-hydrogen) atoms. The lowest BCUT2D eigenvalue weighted by Crippen LogP contribution is -2.07. The van der Waals surface area contributed by atoms with Crippen LogP contribution in [-0.2, 0) is 0 Å². The van der Waals surface area contributed by atoms with E-state index < -0.39 is 0 Å². The fourth-order valence-electron chi connectivity index (χ4n) is 3.39. The Labute approximate surface area is 165 Å². The van der Waals surface area contributed by atoms with E-state index in [9.17, 15) is 4.79 Å². The molecule has 0 radical (unpaired) electrons. The van der Waals surface area contributed by atoms with Crippen molar-refractivity contribution in [3.05, 3.63) is 88.4 Å². The number of hydrogen-bond donors (Lipinski definition) is 1. The highest BCUT2D eigenvalue weighted by Gasteiger charge is 2.16. The van der Waals surface area contributed by atoms with Gasteiger partial charge in [-0.1, -0.05) is 12.1 Å². The number of aromatic amines is 1. The van der Waals surface area contributed by atoms with Crippen LogP contribution in [0.1, 0.15) is 5.69 Å². The van der Waals surface area contributed by atoms with Gasteiger partial charge in [-0.2, -0.15) is 5.10 Å². The van der Waals surface area contributed by atoms with Crippen molar-refractivity contribution in [1.29, 1.82) is 0 Å². The van der Waals surface area contributed by atoms with E-state index in [1.807, 2.05) is 36.4 Å². The second-order valence-electron chi connectivity index (χ2n) is 6.66. The third kappa shape index (κ3) is 2.75. The van der Waals surface area contributed by atoms with Crippen LogP contribution in [0.3, 0.4) is 0 Å². The van der Waals surface area contributed by atoms with E-state index in [0.717, 1.165) is 22.0 Å². The third-order valence-electron chi connectivity index (χ3n) is 4.85. The van der Waals surface area contributed by atoms with Crippen LogP contribution in [-0.4, -0.2) is 24.7 Å². The first-order chi connectivity index (χ1) is 14.1. The Morgan fingerprint density at radius 1 is 1.17 bits per heavy atom. The van der Waals surface area contributed by atoms with Crippen LogP contribution in [0.4, 0.5) is 5.69 Å². The standard InChI is InChI=1S/C22H14N6O/c1-13-19(23-2)12-28(27-13)22-16(11-17-20(29)7-9-25-21(17)26-22)14-5-6-18-15(10-14)4-3-8-24-18/h3-12H,1H3,(H,25,26,29). The fourth-order valence-corrected chi connectivity index (χ4v) is 3.39. The summed E-state index contributed by atoms with van der Waals surface area (Å²) in [6.45, 7) is 9.11. The predicted octanol–water partition coefficient (Wildman–Crippen LogP) is 4.18. The smallest absolute Gasteiger partial charge is 0.227 e. The van der Waals surface area contributed by atoms with Gasteiger partial charge in [0.25, 0.3) is 0 Å². The molecular formula is C22H14N6O. The molecular weight excluding hydrogens is 364 g/mol. The Hall–Kier alpha value is -4.31. The first-order valence-corrected chi connectivity index (χ1v) is 8.96. The summed E-state index contributed by atoms with van der Waals surface area (Å²) in [5, 5.41) is 5.94. The lowest BCUT2D eigenvalue weighted by Gasteiger charge is -2.11. The fraction of sp³-hybridized carbons (Fsp3) is 0.0455. The van der Waals surface area contributed by atoms with E-state index in [2.05, 4.69) is 24.9 Å². The highest BCUT2D eigenvalue weighted by Crippen LogP contribution is 2.31. The summed E-state index contributed by atoms with van der Waals surface area (Å²) in [6.07, 6.45) is 4.98. The first-order valence-electron chi connectivity index (χ1n) is 8.96. The molecule has 1 aromatic carbocycles. The molecule has 1 N–H and O–H groups in total. The van der Waals surface area contributed by atoms with E-state index in [-0.39, 0.29) is 5.43 Å². The van der Waals surface area contributed by atoms with Crippen LogP contribution in [0.2, 0.25) is 0 Å². The second-order valence-corrected chi connectivity index (χ2v) is 6.66. The number of nitrogens with one attached hydrogen (secondary N) is 1. The molecule has 0 amide bonds. The van der Waals surface area contributed by atoms with Crippen molar-refractivity contribution in [2.45, 2.75) is 6.92 Å². The van der Waals surface area contributed by atoms with Gasteiger partial charge in [-0.3, -0.25) is 9.78 Å². The molecule has 0 saturated carbocycles. The van der Waals surface area contributed by atoms with Gasteiger partial charge >= 0.3 is 0 Å². The summed E-state index contributed by atoms with van der Waals surface area (Å²) in [5.74, 6) is 0.542. The van der Waals surface area contributed by atoms with Crippen LogP contribution >= 0.6 is 0 Å². The quantitative estimate of drug-likeness (QED) is 0.467. The van der Waals surface area contributed by atoms with Crippen molar-refractivity contribution in [2.24, 2.45) is 0 Å². The normalized spacial score (nSPS) is 11.0. The molecule has 0 unspecified atom stereocenters. The van der Waals surface area contributed by atoms with Gasteiger partial charge in [0.05, 0.1) is 23.2 Å². The van der Waals surface area contributed by atoms with Gasteiger partial charge < -0.3 is 4.98 Å².